The van der Waals surface area contributed by atoms with Crippen molar-refractivity contribution in [3.8, 4) is 17.2 Å². The molecule has 0 radical (unpaired) electrons. The fourth-order valence-electron chi connectivity index (χ4n) is 2.75. The molecule has 3 aromatic rings. The zero-order chi connectivity index (χ0) is 20.1. The van der Waals surface area contributed by atoms with E-state index in [1.807, 2.05) is 6.07 Å². The predicted octanol–water partition coefficient (Wildman–Crippen LogP) is 4.37. The van der Waals surface area contributed by atoms with Gasteiger partial charge in [0.1, 0.15) is 0 Å². The first-order valence-electron chi connectivity index (χ1n) is 8.24. The molecule has 0 bridgehead atoms. The Kier molecular flexibility index (Phi) is 5.28. The summed E-state index contributed by atoms with van der Waals surface area (Å²) in [5.74, 6) is -2.41. The Morgan fingerprint density at radius 2 is 1.50 bits per heavy atom. The van der Waals surface area contributed by atoms with Crippen LogP contribution in [0.5, 0.6) is 0 Å². The third kappa shape index (κ3) is 3.94. The van der Waals surface area contributed by atoms with Crippen LogP contribution in [0.25, 0.3) is 11.1 Å². The molecule has 0 aliphatic rings. The van der Waals surface area contributed by atoms with Gasteiger partial charge in [-0.15, -0.1) is 0 Å². The highest BCUT2D eigenvalue weighted by molar-refractivity contribution is 6.05. The van der Waals surface area contributed by atoms with Gasteiger partial charge in [-0.05, 0) is 47.5 Å². The first kappa shape index (κ1) is 18.5. The number of carboxylic acid groups (broad SMARTS) is 2. The van der Waals surface area contributed by atoms with Crippen molar-refractivity contribution in [2.24, 2.45) is 4.99 Å². The van der Waals surface area contributed by atoms with Crippen molar-refractivity contribution < 1.29 is 19.8 Å². The molecule has 0 saturated carbocycles. The molecule has 0 aliphatic heterocycles. The van der Waals surface area contributed by atoms with Gasteiger partial charge in [-0.25, -0.2) is 9.59 Å². The van der Waals surface area contributed by atoms with Crippen LogP contribution in [0.4, 0.5) is 5.69 Å². The SMILES string of the molecule is N#Cc1ccc(/C=N/c2cccc(-c3c(C(=O)O)cccc3C(=O)O)c2)cc1. The van der Waals surface area contributed by atoms with E-state index in [2.05, 4.69) is 4.99 Å². The third-order valence-electron chi connectivity index (χ3n) is 4.06. The Labute approximate surface area is 160 Å². The maximum atomic E-state index is 11.6. The quantitative estimate of drug-likeness (QED) is 0.648. The van der Waals surface area contributed by atoms with Crippen LogP contribution in [0.1, 0.15) is 31.8 Å². The van der Waals surface area contributed by atoms with E-state index in [1.54, 1.807) is 54.7 Å². The van der Waals surface area contributed by atoms with Crippen LogP contribution < -0.4 is 0 Å². The molecule has 3 aromatic carbocycles. The van der Waals surface area contributed by atoms with Crippen LogP contribution in [-0.2, 0) is 0 Å². The molecule has 136 valence electrons. The Balaban J connectivity index is 2.02. The van der Waals surface area contributed by atoms with E-state index in [-0.39, 0.29) is 16.7 Å². The number of aliphatic imine (C=N–C) groups is 1. The summed E-state index contributed by atoms with van der Waals surface area (Å²) in [6.07, 6.45) is 1.61. The third-order valence-corrected chi connectivity index (χ3v) is 4.06. The molecule has 0 spiro atoms. The van der Waals surface area contributed by atoms with E-state index in [9.17, 15) is 19.8 Å². The summed E-state index contributed by atoms with van der Waals surface area (Å²) in [5, 5.41) is 27.7. The van der Waals surface area contributed by atoms with Crippen molar-refractivity contribution in [2.75, 3.05) is 0 Å². The van der Waals surface area contributed by atoms with Gasteiger partial charge in [-0.2, -0.15) is 5.26 Å². The van der Waals surface area contributed by atoms with Gasteiger partial charge in [0.25, 0.3) is 0 Å². The molecule has 6 heteroatoms. The first-order chi connectivity index (χ1) is 13.5. The summed E-state index contributed by atoms with van der Waals surface area (Å²) in [7, 11) is 0. The number of aromatic carboxylic acids is 2. The van der Waals surface area contributed by atoms with Gasteiger partial charge < -0.3 is 10.2 Å². The molecule has 0 saturated heterocycles. The molecular formula is C22H14N2O4. The highest BCUT2D eigenvalue weighted by Crippen LogP contribution is 2.31. The van der Waals surface area contributed by atoms with E-state index >= 15 is 0 Å². The van der Waals surface area contributed by atoms with Crippen molar-refractivity contribution in [1.82, 2.24) is 0 Å². The summed E-state index contributed by atoms with van der Waals surface area (Å²) in [5.41, 5.74) is 2.29. The van der Waals surface area contributed by atoms with Crippen molar-refractivity contribution in [2.45, 2.75) is 0 Å². The average molecular weight is 370 g/mol. The van der Waals surface area contributed by atoms with Crippen LogP contribution in [0.3, 0.4) is 0 Å². The van der Waals surface area contributed by atoms with E-state index in [0.717, 1.165) is 5.56 Å². The largest absolute Gasteiger partial charge is 0.478 e. The average Bonchev–Trinajstić information content (AvgIpc) is 2.72. The minimum absolute atomic E-state index is 0.0897. The highest BCUT2D eigenvalue weighted by atomic mass is 16.4. The molecule has 28 heavy (non-hydrogen) atoms. The second-order valence-electron chi connectivity index (χ2n) is 5.88. The number of nitrogens with zero attached hydrogens (tertiary/aromatic N) is 2. The lowest BCUT2D eigenvalue weighted by Gasteiger charge is -2.10. The number of rotatable bonds is 5. The Morgan fingerprint density at radius 3 is 2.07 bits per heavy atom. The lowest BCUT2D eigenvalue weighted by atomic mass is 9.94. The summed E-state index contributed by atoms with van der Waals surface area (Å²) >= 11 is 0. The fraction of sp³-hybridized carbons (Fsp3) is 0. The lowest BCUT2D eigenvalue weighted by Crippen LogP contribution is -2.06. The van der Waals surface area contributed by atoms with E-state index in [1.165, 1.54) is 18.2 Å². The van der Waals surface area contributed by atoms with Gasteiger partial charge in [0.05, 0.1) is 28.4 Å². The van der Waals surface area contributed by atoms with Gasteiger partial charge in [-0.3, -0.25) is 4.99 Å². The van der Waals surface area contributed by atoms with Gasteiger partial charge >= 0.3 is 11.9 Å². The van der Waals surface area contributed by atoms with Gasteiger partial charge in [-0.1, -0.05) is 30.3 Å². The Hall–Kier alpha value is -4.24. The molecule has 6 nitrogen and oxygen atoms in total. The molecular weight excluding hydrogens is 356 g/mol. The van der Waals surface area contributed by atoms with Crippen molar-refractivity contribution >= 4 is 23.8 Å². The molecule has 0 atom stereocenters. The summed E-state index contributed by atoms with van der Waals surface area (Å²) in [6, 6.07) is 19.8. The molecule has 0 amide bonds. The topological polar surface area (TPSA) is 111 Å². The number of nitriles is 1. The number of carboxylic acids is 2. The van der Waals surface area contributed by atoms with Gasteiger partial charge in [0.2, 0.25) is 0 Å². The minimum Gasteiger partial charge on any atom is -0.478 e. The number of hydrogen-bond acceptors (Lipinski definition) is 4. The zero-order valence-electron chi connectivity index (χ0n) is 14.5. The van der Waals surface area contributed by atoms with E-state index in [4.69, 9.17) is 5.26 Å². The molecule has 0 heterocycles. The Bertz CT molecular complexity index is 1090. The Morgan fingerprint density at radius 1 is 0.893 bits per heavy atom. The second-order valence-corrected chi connectivity index (χ2v) is 5.88. The summed E-state index contributed by atoms with van der Waals surface area (Å²) < 4.78 is 0. The van der Waals surface area contributed by atoms with Crippen LogP contribution in [0, 0.1) is 11.3 Å². The molecule has 3 rings (SSSR count). The van der Waals surface area contributed by atoms with Crippen molar-refractivity contribution in [3.05, 3.63) is 89.0 Å². The standard InChI is InChI=1S/C22H14N2O4/c23-12-14-7-9-15(10-8-14)13-24-17-4-1-3-16(11-17)20-18(21(25)26)5-2-6-19(20)22(27)28/h1-11,13H,(H,25,26)(H,27,28)/b24-13+. The van der Waals surface area contributed by atoms with Crippen LogP contribution in [-0.4, -0.2) is 28.4 Å². The van der Waals surface area contributed by atoms with Crippen LogP contribution in [0.2, 0.25) is 0 Å². The van der Waals surface area contributed by atoms with E-state index < -0.39 is 11.9 Å². The fourth-order valence-corrected chi connectivity index (χ4v) is 2.75. The maximum Gasteiger partial charge on any atom is 0.336 e. The first-order valence-corrected chi connectivity index (χ1v) is 8.24. The molecule has 0 unspecified atom stereocenters. The van der Waals surface area contributed by atoms with Crippen LogP contribution >= 0.6 is 0 Å². The lowest BCUT2D eigenvalue weighted by molar-refractivity contribution is 0.0696. The number of hydrogen-bond donors (Lipinski definition) is 2. The van der Waals surface area contributed by atoms with Gasteiger partial charge in [0.15, 0.2) is 0 Å². The van der Waals surface area contributed by atoms with E-state index in [0.29, 0.717) is 16.8 Å². The van der Waals surface area contributed by atoms with Crippen molar-refractivity contribution in [1.29, 1.82) is 5.26 Å². The molecule has 0 aliphatic carbocycles. The number of carbonyl (C=O) groups is 2. The monoisotopic (exact) mass is 370 g/mol. The molecule has 2 N–H and O–H groups in total. The van der Waals surface area contributed by atoms with Gasteiger partial charge in [0, 0.05) is 11.8 Å². The van der Waals surface area contributed by atoms with Crippen LogP contribution in [0.15, 0.2) is 71.7 Å². The maximum absolute atomic E-state index is 11.6. The minimum atomic E-state index is -1.20. The second kappa shape index (κ2) is 7.98. The molecule has 0 aromatic heterocycles. The number of benzene rings is 3. The highest BCUT2D eigenvalue weighted by Gasteiger charge is 2.19. The normalized spacial score (nSPS) is 10.5. The predicted molar refractivity (Wildman–Crippen MR) is 104 cm³/mol. The van der Waals surface area contributed by atoms with Crippen molar-refractivity contribution in [3.63, 3.8) is 0 Å². The molecule has 0 fully saturated rings. The zero-order valence-corrected chi connectivity index (χ0v) is 14.5. The smallest absolute Gasteiger partial charge is 0.336 e. The summed E-state index contributed by atoms with van der Waals surface area (Å²) in [4.78, 5) is 27.5. The summed E-state index contributed by atoms with van der Waals surface area (Å²) in [6.45, 7) is 0.